The van der Waals surface area contributed by atoms with Crippen molar-refractivity contribution in [1.82, 2.24) is 15.4 Å². The van der Waals surface area contributed by atoms with Gasteiger partial charge in [0, 0.05) is 11.8 Å². The van der Waals surface area contributed by atoms with Crippen LogP contribution in [0.1, 0.15) is 26.6 Å². The summed E-state index contributed by atoms with van der Waals surface area (Å²) in [7, 11) is 0. The largest absolute Gasteiger partial charge is 0.451 e. The Morgan fingerprint density at radius 1 is 0.875 bits per heavy atom. The second-order valence-electron chi connectivity index (χ2n) is 8.74. The lowest BCUT2D eigenvalue weighted by Gasteiger charge is -2.38. The van der Waals surface area contributed by atoms with Crippen molar-refractivity contribution < 1.29 is 13.2 Å². The van der Waals surface area contributed by atoms with Crippen molar-refractivity contribution in [3.05, 3.63) is 78.8 Å². The fourth-order valence-electron chi connectivity index (χ4n) is 3.43. The molecule has 0 bridgehead atoms. The second-order valence-corrected chi connectivity index (χ2v) is 8.74. The summed E-state index contributed by atoms with van der Waals surface area (Å²) in [5.41, 5.74) is 10.2. The number of nitrogens with two attached hydrogens (primary N) is 1. The fraction of sp³-hybridized carbons (Fsp3) is 0.250. The number of hydrogen-bond acceptors (Lipinski definition) is 5. The van der Waals surface area contributed by atoms with Crippen molar-refractivity contribution >= 4 is 5.82 Å². The zero-order chi connectivity index (χ0) is 23.1. The number of nitrogens with one attached hydrogen (secondary N) is 1. The van der Waals surface area contributed by atoms with E-state index >= 15 is 0 Å². The lowest BCUT2D eigenvalue weighted by atomic mass is 9.82. The summed E-state index contributed by atoms with van der Waals surface area (Å²) >= 11 is 0. The molecule has 0 saturated heterocycles. The van der Waals surface area contributed by atoms with E-state index in [1.165, 1.54) is 5.01 Å². The molecule has 5 nitrogen and oxygen atoms in total. The monoisotopic (exact) mass is 439 g/mol. The Labute approximate surface area is 184 Å². The molecule has 3 N–H and O–H groups in total. The maximum Gasteiger partial charge on any atom is 0.451 e. The molecule has 2 aromatic carbocycles. The van der Waals surface area contributed by atoms with Gasteiger partial charge >= 0.3 is 6.18 Å². The van der Waals surface area contributed by atoms with Crippen molar-refractivity contribution in [2.75, 3.05) is 5.01 Å². The van der Waals surface area contributed by atoms with Crippen LogP contribution in [0.25, 0.3) is 22.4 Å². The molecule has 0 aliphatic carbocycles. The number of rotatable bonds is 3. The minimum atomic E-state index is -4.72. The minimum Gasteiger partial charge on any atom is -0.308 e. The van der Waals surface area contributed by atoms with Crippen LogP contribution in [0.3, 0.4) is 0 Å². The summed E-state index contributed by atoms with van der Waals surface area (Å²) in [4.78, 5) is 7.92. The molecule has 2 heterocycles. The molecule has 1 unspecified atom stereocenters. The summed E-state index contributed by atoms with van der Waals surface area (Å²) in [5.74, 6) is -1.14. The van der Waals surface area contributed by atoms with Crippen LogP contribution in [0.15, 0.2) is 72.9 Å². The van der Waals surface area contributed by atoms with Crippen LogP contribution in [0.4, 0.5) is 19.0 Å². The van der Waals surface area contributed by atoms with Crippen LogP contribution in [0.2, 0.25) is 0 Å². The van der Waals surface area contributed by atoms with E-state index in [1.807, 2.05) is 51.1 Å². The Balaban J connectivity index is 1.99. The van der Waals surface area contributed by atoms with Gasteiger partial charge in [0.15, 0.2) is 5.82 Å². The second kappa shape index (κ2) is 7.72. The summed E-state index contributed by atoms with van der Waals surface area (Å²) in [5, 5.41) is 1.46. The molecule has 0 amide bonds. The van der Waals surface area contributed by atoms with Crippen molar-refractivity contribution in [1.29, 1.82) is 0 Å². The molecule has 8 heteroatoms. The predicted molar refractivity (Wildman–Crippen MR) is 119 cm³/mol. The number of halogens is 3. The van der Waals surface area contributed by atoms with Gasteiger partial charge in [0.25, 0.3) is 0 Å². The third-order valence-corrected chi connectivity index (χ3v) is 5.51. The molecule has 3 aromatic rings. The first-order chi connectivity index (χ1) is 15.0. The molecule has 0 fully saturated rings. The third-order valence-electron chi connectivity index (χ3n) is 5.51. The predicted octanol–water partition coefficient (Wildman–Crippen LogP) is 5.37. The van der Waals surface area contributed by atoms with Crippen LogP contribution in [-0.4, -0.2) is 15.6 Å². The summed E-state index contributed by atoms with van der Waals surface area (Å²) in [6.07, 6.45) is -1.37. The van der Waals surface area contributed by atoms with Gasteiger partial charge in [-0.2, -0.15) is 13.2 Å². The van der Waals surface area contributed by atoms with Gasteiger partial charge < -0.3 is 5.73 Å². The fourth-order valence-corrected chi connectivity index (χ4v) is 3.43. The zero-order valence-electron chi connectivity index (χ0n) is 18.0. The maximum absolute atomic E-state index is 13.8. The highest BCUT2D eigenvalue weighted by atomic mass is 19.4. The van der Waals surface area contributed by atoms with E-state index in [9.17, 15) is 13.2 Å². The number of alkyl halides is 3. The van der Waals surface area contributed by atoms with E-state index in [4.69, 9.17) is 5.73 Å². The van der Waals surface area contributed by atoms with Crippen molar-refractivity contribution in [3.63, 3.8) is 0 Å². The molecular formula is C24H24F3N5. The standard InChI is InChI=1S/C24H24F3N5/c1-22(2,3)23(28)14-15-32(31-23)20-18(16-10-6-4-7-11-16)19(17-12-8-5-9-13-17)29-21(30-20)24(25,26)27/h4-15,31H,28H2,1-3H3. The van der Waals surface area contributed by atoms with Gasteiger partial charge in [0.05, 0.1) is 11.3 Å². The van der Waals surface area contributed by atoms with Crippen molar-refractivity contribution in [2.45, 2.75) is 32.6 Å². The molecule has 166 valence electrons. The van der Waals surface area contributed by atoms with Gasteiger partial charge in [-0.05, 0) is 17.1 Å². The van der Waals surface area contributed by atoms with Gasteiger partial charge in [0.1, 0.15) is 5.66 Å². The normalized spacial score (nSPS) is 18.9. The quantitative estimate of drug-likeness (QED) is 0.574. The van der Waals surface area contributed by atoms with Crippen LogP contribution in [-0.2, 0) is 6.18 Å². The van der Waals surface area contributed by atoms with Crippen LogP contribution in [0.5, 0.6) is 0 Å². The van der Waals surface area contributed by atoms with Gasteiger partial charge in [-0.15, -0.1) is 0 Å². The first-order valence-electron chi connectivity index (χ1n) is 10.1. The van der Waals surface area contributed by atoms with E-state index in [2.05, 4.69) is 15.4 Å². The lowest BCUT2D eigenvalue weighted by molar-refractivity contribution is -0.144. The molecule has 0 spiro atoms. The first kappa shape index (κ1) is 22.0. The van der Waals surface area contributed by atoms with Crippen molar-refractivity contribution in [3.8, 4) is 22.4 Å². The van der Waals surface area contributed by atoms with Crippen LogP contribution in [0, 0.1) is 5.41 Å². The number of anilines is 1. The summed E-state index contributed by atoms with van der Waals surface area (Å²) in [6.45, 7) is 5.84. The van der Waals surface area contributed by atoms with E-state index in [0.29, 0.717) is 16.7 Å². The smallest absolute Gasteiger partial charge is 0.308 e. The number of nitrogens with zero attached hydrogens (tertiary/aromatic N) is 3. The Hall–Kier alpha value is -3.23. The van der Waals surface area contributed by atoms with Gasteiger partial charge in [-0.1, -0.05) is 81.4 Å². The van der Waals surface area contributed by atoms with Crippen LogP contribution >= 0.6 is 0 Å². The first-order valence-corrected chi connectivity index (χ1v) is 10.1. The molecule has 0 radical (unpaired) electrons. The number of hydrazine groups is 1. The SMILES string of the molecule is CC(C)(C)C1(N)C=CN(c2nc(C(F)(F)F)nc(-c3ccccc3)c2-c2ccccc2)N1. The van der Waals surface area contributed by atoms with E-state index in [-0.39, 0.29) is 11.5 Å². The molecule has 1 aliphatic heterocycles. The average Bonchev–Trinajstić information content (AvgIpc) is 3.17. The Morgan fingerprint density at radius 2 is 1.44 bits per heavy atom. The number of hydrogen-bond donors (Lipinski definition) is 2. The van der Waals surface area contributed by atoms with Gasteiger partial charge in [-0.25, -0.2) is 15.4 Å². The van der Waals surface area contributed by atoms with Crippen molar-refractivity contribution in [2.24, 2.45) is 11.1 Å². The topological polar surface area (TPSA) is 67.1 Å². The molecule has 0 saturated carbocycles. The lowest BCUT2D eigenvalue weighted by Crippen LogP contribution is -2.61. The highest BCUT2D eigenvalue weighted by molar-refractivity contribution is 5.89. The molecule has 1 aromatic heterocycles. The van der Waals surface area contributed by atoms with E-state index in [0.717, 1.165) is 0 Å². The highest BCUT2D eigenvalue weighted by Crippen LogP contribution is 2.41. The maximum atomic E-state index is 13.8. The number of benzene rings is 2. The minimum absolute atomic E-state index is 0.0743. The number of aromatic nitrogens is 2. The van der Waals surface area contributed by atoms with Crippen LogP contribution < -0.4 is 16.2 Å². The molecular weight excluding hydrogens is 415 g/mol. The van der Waals surface area contributed by atoms with E-state index in [1.54, 1.807) is 42.6 Å². The third kappa shape index (κ3) is 3.99. The Kier molecular flexibility index (Phi) is 5.30. The van der Waals surface area contributed by atoms with Gasteiger partial charge in [-0.3, -0.25) is 5.01 Å². The molecule has 1 aliphatic rings. The highest BCUT2D eigenvalue weighted by Gasteiger charge is 2.43. The van der Waals surface area contributed by atoms with E-state index < -0.39 is 23.1 Å². The Bertz CT molecular complexity index is 1140. The zero-order valence-corrected chi connectivity index (χ0v) is 18.0. The molecule has 1 atom stereocenters. The summed E-state index contributed by atoms with van der Waals surface area (Å²) in [6, 6.07) is 17.9. The van der Waals surface area contributed by atoms with Gasteiger partial charge in [0.2, 0.25) is 5.82 Å². The average molecular weight is 439 g/mol. The molecule has 4 rings (SSSR count). The summed E-state index contributed by atoms with van der Waals surface area (Å²) < 4.78 is 41.5. The molecule has 32 heavy (non-hydrogen) atoms. The Morgan fingerprint density at radius 3 is 1.94 bits per heavy atom.